The number of likely N-dealkylation sites (tertiary alicyclic amines) is 1. The van der Waals surface area contributed by atoms with Crippen LogP contribution >= 0.6 is 0 Å². The maximum absolute atomic E-state index is 9.84. The number of phenolic OH excluding ortho intramolecular Hbond substituents is 1. The molecule has 4 rings (SSSR count). The van der Waals surface area contributed by atoms with E-state index >= 15 is 0 Å². The van der Waals surface area contributed by atoms with Crippen LogP contribution in [0.3, 0.4) is 0 Å². The number of H-pyrrole nitrogens is 1. The molecule has 1 saturated heterocycles. The number of rotatable bonds is 6. The zero-order chi connectivity index (χ0) is 18.6. The summed E-state index contributed by atoms with van der Waals surface area (Å²) >= 11 is 0. The molecule has 3 N–H and O–H groups in total. The number of nitrogens with one attached hydrogen (secondary N) is 2. The molecule has 1 fully saturated rings. The van der Waals surface area contributed by atoms with Gasteiger partial charge in [-0.25, -0.2) is 15.0 Å². The van der Waals surface area contributed by atoms with Gasteiger partial charge in [-0.05, 0) is 37.5 Å². The summed E-state index contributed by atoms with van der Waals surface area (Å²) < 4.78 is 5.48. The first-order chi connectivity index (χ1) is 13.2. The van der Waals surface area contributed by atoms with E-state index in [9.17, 15) is 5.11 Å². The molecular weight excluding hydrogens is 344 g/mol. The van der Waals surface area contributed by atoms with Crippen molar-refractivity contribution in [2.24, 2.45) is 0 Å². The zero-order valence-electron chi connectivity index (χ0n) is 15.4. The number of aromatic hydroxyl groups is 1. The summed E-state index contributed by atoms with van der Waals surface area (Å²) in [4.78, 5) is 18.2. The van der Waals surface area contributed by atoms with E-state index in [0.717, 1.165) is 55.0 Å². The van der Waals surface area contributed by atoms with E-state index < -0.39 is 0 Å². The van der Waals surface area contributed by atoms with Crippen LogP contribution in [0.25, 0.3) is 11.2 Å². The number of piperidine rings is 1. The van der Waals surface area contributed by atoms with Gasteiger partial charge in [-0.2, -0.15) is 0 Å². The molecule has 0 radical (unpaired) electrons. The van der Waals surface area contributed by atoms with Crippen LogP contribution in [0.5, 0.6) is 11.5 Å². The molecule has 8 heteroatoms. The molecule has 142 valence electrons. The second-order valence-corrected chi connectivity index (χ2v) is 6.75. The quantitative estimate of drug-likeness (QED) is 0.615. The van der Waals surface area contributed by atoms with E-state index in [1.54, 1.807) is 18.7 Å². The third-order valence-corrected chi connectivity index (χ3v) is 4.88. The van der Waals surface area contributed by atoms with Crippen molar-refractivity contribution in [1.29, 1.82) is 0 Å². The van der Waals surface area contributed by atoms with Gasteiger partial charge in [-0.3, -0.25) is 4.90 Å². The van der Waals surface area contributed by atoms with Gasteiger partial charge in [0.2, 0.25) is 0 Å². The molecule has 0 atom stereocenters. The SMILES string of the molecule is CCOc1cc(CN2CCC(Nc3ncnc4[nH]cnc34)CC2)ccc1O. The Morgan fingerprint density at radius 3 is 2.93 bits per heavy atom. The fourth-order valence-electron chi connectivity index (χ4n) is 3.49. The van der Waals surface area contributed by atoms with E-state index in [1.807, 2.05) is 19.1 Å². The van der Waals surface area contributed by atoms with Crippen LogP contribution in [0.1, 0.15) is 25.3 Å². The van der Waals surface area contributed by atoms with E-state index in [-0.39, 0.29) is 5.75 Å². The Balaban J connectivity index is 1.34. The number of benzene rings is 1. The third-order valence-electron chi connectivity index (χ3n) is 4.88. The van der Waals surface area contributed by atoms with Crippen LogP contribution in [0.15, 0.2) is 30.9 Å². The molecular formula is C19H24N6O2. The summed E-state index contributed by atoms with van der Waals surface area (Å²) in [5.41, 5.74) is 2.69. The van der Waals surface area contributed by atoms with E-state index in [2.05, 4.69) is 30.2 Å². The molecule has 1 aromatic carbocycles. The number of anilines is 1. The van der Waals surface area contributed by atoms with Crippen molar-refractivity contribution in [3.63, 3.8) is 0 Å². The highest BCUT2D eigenvalue weighted by atomic mass is 16.5. The Morgan fingerprint density at radius 2 is 2.11 bits per heavy atom. The molecule has 2 aromatic heterocycles. The normalized spacial score (nSPS) is 15.9. The largest absolute Gasteiger partial charge is 0.504 e. The Hall–Kier alpha value is -2.87. The van der Waals surface area contributed by atoms with Gasteiger partial charge in [-0.15, -0.1) is 0 Å². The number of ether oxygens (including phenoxy) is 1. The average Bonchev–Trinajstić information content (AvgIpc) is 3.16. The molecule has 0 saturated carbocycles. The van der Waals surface area contributed by atoms with Gasteiger partial charge in [0.1, 0.15) is 11.8 Å². The lowest BCUT2D eigenvalue weighted by Gasteiger charge is -2.32. The smallest absolute Gasteiger partial charge is 0.162 e. The first-order valence-electron chi connectivity index (χ1n) is 9.30. The standard InChI is InChI=1S/C19H24N6O2/c1-2-27-16-9-13(3-4-15(16)26)10-25-7-5-14(6-8-25)24-19-17-18(21-11-20-17)22-12-23-19/h3-4,9,11-12,14,26H,2,5-8,10H2,1H3,(H2,20,21,22,23,24). The average molecular weight is 368 g/mol. The van der Waals surface area contributed by atoms with Crippen LogP contribution in [-0.4, -0.2) is 55.7 Å². The zero-order valence-corrected chi connectivity index (χ0v) is 15.4. The second-order valence-electron chi connectivity index (χ2n) is 6.75. The van der Waals surface area contributed by atoms with Crippen LogP contribution < -0.4 is 10.1 Å². The van der Waals surface area contributed by atoms with Crippen molar-refractivity contribution in [1.82, 2.24) is 24.8 Å². The molecule has 0 unspecified atom stereocenters. The summed E-state index contributed by atoms with van der Waals surface area (Å²) in [5, 5.41) is 13.4. The van der Waals surface area contributed by atoms with Gasteiger partial charge in [-0.1, -0.05) is 6.07 Å². The van der Waals surface area contributed by atoms with Crippen molar-refractivity contribution in [2.45, 2.75) is 32.4 Å². The second kappa shape index (κ2) is 7.79. The van der Waals surface area contributed by atoms with Crippen molar-refractivity contribution < 1.29 is 9.84 Å². The maximum Gasteiger partial charge on any atom is 0.162 e. The summed E-state index contributed by atoms with van der Waals surface area (Å²) in [5.74, 6) is 1.54. The Labute approximate surface area is 157 Å². The van der Waals surface area contributed by atoms with Crippen molar-refractivity contribution in [3.8, 4) is 11.5 Å². The monoisotopic (exact) mass is 368 g/mol. The predicted molar refractivity (Wildman–Crippen MR) is 103 cm³/mol. The van der Waals surface area contributed by atoms with Crippen LogP contribution in [0.2, 0.25) is 0 Å². The molecule has 0 bridgehead atoms. The number of phenols is 1. The van der Waals surface area contributed by atoms with Crippen LogP contribution in [0.4, 0.5) is 5.82 Å². The first kappa shape index (κ1) is 17.5. The molecule has 0 amide bonds. The lowest BCUT2D eigenvalue weighted by Crippen LogP contribution is -2.38. The molecule has 27 heavy (non-hydrogen) atoms. The predicted octanol–water partition coefficient (Wildman–Crippen LogP) is 2.53. The number of aromatic amines is 1. The summed E-state index contributed by atoms with van der Waals surface area (Å²) in [6.45, 7) is 5.30. The summed E-state index contributed by atoms with van der Waals surface area (Å²) in [6, 6.07) is 5.96. The summed E-state index contributed by atoms with van der Waals surface area (Å²) in [6.07, 6.45) is 5.26. The minimum absolute atomic E-state index is 0.193. The molecule has 1 aliphatic heterocycles. The molecule has 8 nitrogen and oxygen atoms in total. The Morgan fingerprint density at radius 1 is 1.26 bits per heavy atom. The first-order valence-corrected chi connectivity index (χ1v) is 9.30. The highest BCUT2D eigenvalue weighted by Crippen LogP contribution is 2.28. The highest BCUT2D eigenvalue weighted by Gasteiger charge is 2.21. The van der Waals surface area contributed by atoms with E-state index in [1.165, 1.54) is 0 Å². The minimum Gasteiger partial charge on any atom is -0.504 e. The number of hydrogen-bond donors (Lipinski definition) is 3. The molecule has 3 heterocycles. The molecule has 0 aliphatic carbocycles. The number of imidazole rings is 1. The van der Waals surface area contributed by atoms with Crippen LogP contribution in [-0.2, 0) is 6.54 Å². The lowest BCUT2D eigenvalue weighted by atomic mass is 10.0. The number of nitrogens with zero attached hydrogens (tertiary/aromatic N) is 4. The maximum atomic E-state index is 9.84. The van der Waals surface area contributed by atoms with Crippen molar-refractivity contribution in [2.75, 3.05) is 25.0 Å². The minimum atomic E-state index is 0.193. The summed E-state index contributed by atoms with van der Waals surface area (Å²) in [7, 11) is 0. The van der Waals surface area contributed by atoms with Gasteiger partial charge < -0.3 is 20.1 Å². The molecule has 1 aliphatic rings. The fraction of sp³-hybridized carbons (Fsp3) is 0.421. The highest BCUT2D eigenvalue weighted by molar-refractivity contribution is 5.82. The number of fused-ring (bicyclic) bond motifs is 1. The molecule has 0 spiro atoms. The van der Waals surface area contributed by atoms with E-state index in [0.29, 0.717) is 18.4 Å². The number of hydrogen-bond acceptors (Lipinski definition) is 7. The van der Waals surface area contributed by atoms with Crippen LogP contribution in [0, 0.1) is 0 Å². The third kappa shape index (κ3) is 3.95. The van der Waals surface area contributed by atoms with Gasteiger partial charge in [0, 0.05) is 25.7 Å². The van der Waals surface area contributed by atoms with Gasteiger partial charge in [0.15, 0.2) is 23.0 Å². The van der Waals surface area contributed by atoms with Gasteiger partial charge in [0.25, 0.3) is 0 Å². The van der Waals surface area contributed by atoms with Crippen molar-refractivity contribution >= 4 is 17.0 Å². The van der Waals surface area contributed by atoms with E-state index in [4.69, 9.17) is 4.74 Å². The van der Waals surface area contributed by atoms with Gasteiger partial charge >= 0.3 is 0 Å². The van der Waals surface area contributed by atoms with Gasteiger partial charge in [0.05, 0.1) is 12.9 Å². The van der Waals surface area contributed by atoms with Crippen molar-refractivity contribution in [3.05, 3.63) is 36.4 Å². The Bertz CT molecular complexity index is 904. The number of aromatic nitrogens is 4. The topological polar surface area (TPSA) is 99.2 Å². The lowest BCUT2D eigenvalue weighted by molar-refractivity contribution is 0.210. The Kier molecular flexibility index (Phi) is 5.06. The molecule has 3 aromatic rings. The fourth-order valence-corrected chi connectivity index (χ4v) is 3.49.